The average Bonchev–Trinajstić information content (AvgIpc) is 2.80. The lowest BCUT2D eigenvalue weighted by Crippen LogP contribution is -2.28. The first kappa shape index (κ1) is 12.4. The highest BCUT2D eigenvalue weighted by Gasteiger charge is 2.41. The first-order valence-electron chi connectivity index (χ1n) is 5.67. The smallest absolute Gasteiger partial charge is 0.318 e. The predicted octanol–water partition coefficient (Wildman–Crippen LogP) is 0.698. The summed E-state index contributed by atoms with van der Waals surface area (Å²) in [5.41, 5.74) is 0.921. The Kier molecular flexibility index (Phi) is 3.50. The van der Waals surface area contributed by atoms with Crippen LogP contribution >= 0.6 is 0 Å². The molecule has 1 aliphatic heterocycles. The molecule has 0 aliphatic carbocycles. The fourth-order valence-electron chi connectivity index (χ4n) is 2.18. The molecule has 2 rings (SSSR count). The van der Waals surface area contributed by atoms with Gasteiger partial charge < -0.3 is 14.8 Å². The van der Waals surface area contributed by atoms with Crippen LogP contribution in [-0.4, -0.2) is 32.6 Å². The third-order valence-electron chi connectivity index (χ3n) is 3.18. The van der Waals surface area contributed by atoms with Crippen LogP contribution in [0.1, 0.15) is 11.5 Å². The normalized spacial score (nSPS) is 22.4. The molecule has 0 saturated carbocycles. The van der Waals surface area contributed by atoms with Crippen molar-refractivity contribution < 1.29 is 19.1 Å². The molecule has 96 valence electrons. The van der Waals surface area contributed by atoms with Crippen molar-refractivity contribution in [2.24, 2.45) is 5.92 Å². The Morgan fingerprint density at radius 3 is 2.50 bits per heavy atom. The summed E-state index contributed by atoms with van der Waals surface area (Å²) < 4.78 is 9.75. The zero-order valence-corrected chi connectivity index (χ0v) is 10.3. The number of amides is 1. The van der Waals surface area contributed by atoms with E-state index in [1.807, 2.05) is 24.3 Å². The molecule has 1 aromatic carbocycles. The van der Waals surface area contributed by atoms with Gasteiger partial charge in [-0.15, -0.1) is 0 Å². The van der Waals surface area contributed by atoms with Crippen LogP contribution in [0.4, 0.5) is 0 Å². The van der Waals surface area contributed by atoms with E-state index < -0.39 is 11.9 Å². The number of nitrogens with one attached hydrogen (secondary N) is 1. The first-order valence-corrected chi connectivity index (χ1v) is 5.67. The Hall–Kier alpha value is -2.04. The summed E-state index contributed by atoms with van der Waals surface area (Å²) in [5, 5.41) is 2.69. The van der Waals surface area contributed by atoms with Gasteiger partial charge in [0.25, 0.3) is 0 Å². The van der Waals surface area contributed by atoms with Gasteiger partial charge in [-0.25, -0.2) is 0 Å². The lowest BCUT2D eigenvalue weighted by Gasteiger charge is -2.15. The minimum atomic E-state index is -0.761. The maximum atomic E-state index is 11.6. The fourth-order valence-corrected chi connectivity index (χ4v) is 2.18. The van der Waals surface area contributed by atoms with Gasteiger partial charge in [0.1, 0.15) is 11.7 Å². The van der Waals surface area contributed by atoms with Gasteiger partial charge in [-0.3, -0.25) is 9.59 Å². The molecule has 5 heteroatoms. The second-order valence-electron chi connectivity index (χ2n) is 4.13. The molecule has 1 aliphatic rings. The maximum Gasteiger partial charge on any atom is 0.318 e. The minimum absolute atomic E-state index is 0.184. The molecule has 0 spiro atoms. The lowest BCUT2D eigenvalue weighted by atomic mass is 9.88. The van der Waals surface area contributed by atoms with Crippen molar-refractivity contribution >= 4 is 11.9 Å². The quantitative estimate of drug-likeness (QED) is 0.632. The standard InChI is InChI=1S/C13H15NO4/c1-17-9-5-3-8(4-6-9)10-7-14-12(15)11(10)13(16)18-2/h3-6,10-11H,7H2,1-2H3,(H,14,15)/t10-,11-/m0/s1. The highest BCUT2D eigenvalue weighted by Crippen LogP contribution is 2.30. The second-order valence-corrected chi connectivity index (χ2v) is 4.13. The van der Waals surface area contributed by atoms with Crippen LogP contribution in [0.3, 0.4) is 0 Å². The van der Waals surface area contributed by atoms with Crippen LogP contribution in [0.2, 0.25) is 0 Å². The van der Waals surface area contributed by atoms with E-state index in [1.54, 1.807) is 7.11 Å². The minimum Gasteiger partial charge on any atom is -0.497 e. The third-order valence-corrected chi connectivity index (χ3v) is 3.18. The molecule has 1 N–H and O–H groups in total. The molecule has 5 nitrogen and oxygen atoms in total. The van der Waals surface area contributed by atoms with E-state index in [0.717, 1.165) is 11.3 Å². The highest BCUT2D eigenvalue weighted by atomic mass is 16.5. The molecule has 2 atom stereocenters. The summed E-state index contributed by atoms with van der Waals surface area (Å²) in [4.78, 5) is 23.3. The monoisotopic (exact) mass is 249 g/mol. The molecule has 0 aromatic heterocycles. The van der Waals surface area contributed by atoms with Crippen molar-refractivity contribution in [2.45, 2.75) is 5.92 Å². The summed E-state index contributed by atoms with van der Waals surface area (Å²) in [6, 6.07) is 7.35. The van der Waals surface area contributed by atoms with Crippen LogP contribution in [0.5, 0.6) is 5.75 Å². The molecular formula is C13H15NO4. The zero-order valence-electron chi connectivity index (χ0n) is 10.3. The number of esters is 1. The van der Waals surface area contributed by atoms with Crippen LogP contribution in [-0.2, 0) is 14.3 Å². The molecule has 1 saturated heterocycles. The first-order chi connectivity index (χ1) is 8.67. The number of hydrogen-bond donors (Lipinski definition) is 1. The van der Waals surface area contributed by atoms with Gasteiger partial charge in [-0.05, 0) is 17.7 Å². The van der Waals surface area contributed by atoms with Gasteiger partial charge in [-0.2, -0.15) is 0 Å². The number of benzene rings is 1. The number of methoxy groups -OCH3 is 2. The van der Waals surface area contributed by atoms with Crippen molar-refractivity contribution in [3.8, 4) is 5.75 Å². The molecule has 1 heterocycles. The molecule has 1 aromatic rings. The third kappa shape index (κ3) is 2.16. The van der Waals surface area contributed by atoms with Gasteiger partial charge in [0.2, 0.25) is 5.91 Å². The highest BCUT2D eigenvalue weighted by molar-refractivity contribution is 6.00. The summed E-state index contributed by atoms with van der Waals surface area (Å²) in [7, 11) is 2.88. The Morgan fingerprint density at radius 1 is 1.28 bits per heavy atom. The number of carbonyl (C=O) groups excluding carboxylic acids is 2. The summed E-state index contributed by atoms with van der Waals surface area (Å²) in [6.07, 6.45) is 0. The SMILES string of the molecule is COC(=O)[C@@H]1C(=O)NC[C@H]1c1ccc(OC)cc1. The Morgan fingerprint density at radius 2 is 1.94 bits per heavy atom. The lowest BCUT2D eigenvalue weighted by molar-refractivity contribution is -0.149. The van der Waals surface area contributed by atoms with Gasteiger partial charge in [0.15, 0.2) is 0 Å². The van der Waals surface area contributed by atoms with Crippen molar-refractivity contribution in [3.63, 3.8) is 0 Å². The van der Waals surface area contributed by atoms with E-state index in [0.29, 0.717) is 6.54 Å². The van der Waals surface area contributed by atoms with Crippen molar-refractivity contribution in [1.29, 1.82) is 0 Å². The molecule has 1 fully saturated rings. The maximum absolute atomic E-state index is 11.6. The van der Waals surface area contributed by atoms with Gasteiger partial charge >= 0.3 is 5.97 Å². The van der Waals surface area contributed by atoms with E-state index >= 15 is 0 Å². The fraction of sp³-hybridized carbons (Fsp3) is 0.385. The second kappa shape index (κ2) is 5.08. The number of carbonyl (C=O) groups is 2. The van der Waals surface area contributed by atoms with E-state index in [-0.39, 0.29) is 11.8 Å². The number of hydrogen-bond acceptors (Lipinski definition) is 4. The molecule has 0 bridgehead atoms. The van der Waals surface area contributed by atoms with Crippen molar-refractivity contribution in [2.75, 3.05) is 20.8 Å². The predicted molar refractivity (Wildman–Crippen MR) is 64.3 cm³/mol. The summed E-state index contributed by atoms with van der Waals surface area (Å²) in [5.74, 6) is -0.974. The van der Waals surface area contributed by atoms with Crippen molar-refractivity contribution in [1.82, 2.24) is 5.32 Å². The van der Waals surface area contributed by atoms with Crippen LogP contribution in [0.15, 0.2) is 24.3 Å². The van der Waals surface area contributed by atoms with E-state index in [9.17, 15) is 9.59 Å². The molecule has 1 amide bonds. The van der Waals surface area contributed by atoms with Crippen molar-refractivity contribution in [3.05, 3.63) is 29.8 Å². The van der Waals surface area contributed by atoms with E-state index in [1.165, 1.54) is 7.11 Å². The van der Waals surface area contributed by atoms with Gasteiger partial charge in [0.05, 0.1) is 14.2 Å². The number of rotatable bonds is 3. The Labute approximate surface area is 105 Å². The topological polar surface area (TPSA) is 64.6 Å². The molecule has 18 heavy (non-hydrogen) atoms. The summed E-state index contributed by atoms with van der Waals surface area (Å²) in [6.45, 7) is 0.449. The largest absolute Gasteiger partial charge is 0.497 e. The summed E-state index contributed by atoms with van der Waals surface area (Å²) >= 11 is 0. The van der Waals surface area contributed by atoms with Gasteiger partial charge in [0, 0.05) is 12.5 Å². The zero-order chi connectivity index (χ0) is 13.1. The molecule has 0 unspecified atom stereocenters. The Bertz CT molecular complexity index is 455. The number of ether oxygens (including phenoxy) is 2. The Balaban J connectivity index is 2.25. The van der Waals surface area contributed by atoms with Crippen LogP contribution in [0, 0.1) is 5.92 Å². The van der Waals surface area contributed by atoms with Crippen LogP contribution in [0.25, 0.3) is 0 Å². The molecular weight excluding hydrogens is 234 g/mol. The van der Waals surface area contributed by atoms with Crippen LogP contribution < -0.4 is 10.1 Å². The van der Waals surface area contributed by atoms with Gasteiger partial charge in [-0.1, -0.05) is 12.1 Å². The molecule has 0 radical (unpaired) electrons. The van der Waals surface area contributed by atoms with E-state index in [2.05, 4.69) is 10.1 Å². The average molecular weight is 249 g/mol. The van der Waals surface area contributed by atoms with E-state index in [4.69, 9.17) is 4.74 Å².